The lowest BCUT2D eigenvalue weighted by atomic mass is 10.1. The molecule has 2 rings (SSSR count). The van der Waals surface area contributed by atoms with E-state index < -0.39 is 0 Å². The predicted molar refractivity (Wildman–Crippen MR) is 67.6 cm³/mol. The van der Waals surface area contributed by atoms with E-state index in [1.807, 2.05) is 37.3 Å². The van der Waals surface area contributed by atoms with Gasteiger partial charge in [0.15, 0.2) is 11.5 Å². The topological polar surface area (TPSA) is 38.7 Å². The van der Waals surface area contributed by atoms with E-state index in [0.717, 1.165) is 10.8 Å². The molecule has 90 valence electrons. The van der Waals surface area contributed by atoms with Crippen molar-refractivity contribution in [2.24, 2.45) is 0 Å². The van der Waals surface area contributed by atoms with Gasteiger partial charge in [0.05, 0.1) is 6.10 Å². The van der Waals surface area contributed by atoms with E-state index in [1.165, 1.54) is 0 Å². The summed E-state index contributed by atoms with van der Waals surface area (Å²) in [5.74, 6) is 0.652. The minimum absolute atomic E-state index is 0.000806. The van der Waals surface area contributed by atoms with Crippen molar-refractivity contribution < 1.29 is 14.6 Å². The summed E-state index contributed by atoms with van der Waals surface area (Å²) in [5.41, 5.74) is 0. The number of fused-ring (bicyclic) bond motifs is 1. The largest absolute Gasteiger partial charge is 0.504 e. The number of methoxy groups -OCH3 is 1. The van der Waals surface area contributed by atoms with Gasteiger partial charge in [0.1, 0.15) is 6.61 Å². The highest BCUT2D eigenvalue weighted by molar-refractivity contribution is 5.85. The Morgan fingerprint density at radius 1 is 1.18 bits per heavy atom. The molecule has 17 heavy (non-hydrogen) atoms. The molecule has 0 aliphatic heterocycles. The highest BCUT2D eigenvalue weighted by Crippen LogP contribution is 2.31. The maximum atomic E-state index is 9.83. The molecule has 0 aromatic heterocycles. The Hall–Kier alpha value is -1.74. The predicted octanol–water partition coefficient (Wildman–Crippen LogP) is 2.96. The molecule has 2 aromatic carbocycles. The molecule has 1 N–H and O–H groups in total. The van der Waals surface area contributed by atoms with Crippen molar-refractivity contribution in [3.8, 4) is 11.5 Å². The highest BCUT2D eigenvalue weighted by Gasteiger charge is 2.07. The lowest BCUT2D eigenvalue weighted by Crippen LogP contribution is -2.15. The van der Waals surface area contributed by atoms with Crippen LogP contribution in [0.3, 0.4) is 0 Å². The summed E-state index contributed by atoms with van der Waals surface area (Å²) < 4.78 is 10.6. The summed E-state index contributed by atoms with van der Waals surface area (Å²) in [7, 11) is 1.63. The molecule has 1 unspecified atom stereocenters. The standard InChI is InChI=1S/C14H16O3/c1-10(16-2)9-17-14-8-12-6-4-3-5-11(12)7-13(14)15/h3-8,10,15H,9H2,1-2H3. The fourth-order valence-electron chi connectivity index (χ4n) is 1.60. The smallest absolute Gasteiger partial charge is 0.161 e. The van der Waals surface area contributed by atoms with Crippen LogP contribution in [0.1, 0.15) is 6.92 Å². The van der Waals surface area contributed by atoms with Gasteiger partial charge in [-0.1, -0.05) is 24.3 Å². The monoisotopic (exact) mass is 232 g/mol. The molecule has 2 aromatic rings. The molecule has 0 fully saturated rings. The molecule has 3 nitrogen and oxygen atoms in total. The molecule has 1 atom stereocenters. The van der Waals surface area contributed by atoms with Crippen molar-refractivity contribution in [1.82, 2.24) is 0 Å². The van der Waals surface area contributed by atoms with Crippen LogP contribution in [-0.4, -0.2) is 24.9 Å². The zero-order chi connectivity index (χ0) is 12.3. The van der Waals surface area contributed by atoms with Gasteiger partial charge in [0.25, 0.3) is 0 Å². The van der Waals surface area contributed by atoms with E-state index >= 15 is 0 Å². The third-order valence-electron chi connectivity index (χ3n) is 2.70. The van der Waals surface area contributed by atoms with E-state index in [2.05, 4.69) is 0 Å². The van der Waals surface area contributed by atoms with Crippen LogP contribution < -0.4 is 4.74 Å². The second kappa shape index (κ2) is 5.06. The van der Waals surface area contributed by atoms with Crippen molar-refractivity contribution in [3.05, 3.63) is 36.4 Å². The Labute approximate surface area is 101 Å². The fourth-order valence-corrected chi connectivity index (χ4v) is 1.60. The molecule has 0 saturated heterocycles. The number of hydrogen-bond donors (Lipinski definition) is 1. The molecule has 0 radical (unpaired) electrons. The second-order valence-corrected chi connectivity index (χ2v) is 4.02. The Morgan fingerprint density at radius 2 is 1.82 bits per heavy atom. The lowest BCUT2D eigenvalue weighted by Gasteiger charge is -2.13. The maximum absolute atomic E-state index is 9.83. The quantitative estimate of drug-likeness (QED) is 0.880. The molecule has 0 saturated carbocycles. The van der Waals surface area contributed by atoms with Gasteiger partial charge in [0, 0.05) is 7.11 Å². The maximum Gasteiger partial charge on any atom is 0.161 e. The van der Waals surface area contributed by atoms with Crippen molar-refractivity contribution >= 4 is 10.8 Å². The summed E-state index contributed by atoms with van der Waals surface area (Å²) in [5, 5.41) is 11.9. The number of aromatic hydroxyl groups is 1. The molecule has 0 amide bonds. The summed E-state index contributed by atoms with van der Waals surface area (Å²) in [4.78, 5) is 0. The first-order valence-corrected chi connectivity index (χ1v) is 5.58. The first-order valence-electron chi connectivity index (χ1n) is 5.58. The van der Waals surface area contributed by atoms with E-state index in [4.69, 9.17) is 9.47 Å². The van der Waals surface area contributed by atoms with E-state index in [-0.39, 0.29) is 11.9 Å². The van der Waals surface area contributed by atoms with Crippen molar-refractivity contribution in [2.75, 3.05) is 13.7 Å². The van der Waals surface area contributed by atoms with Crippen LogP contribution in [0.25, 0.3) is 10.8 Å². The van der Waals surface area contributed by atoms with Crippen LogP contribution in [0.15, 0.2) is 36.4 Å². The molecule has 0 aliphatic carbocycles. The molecular formula is C14H16O3. The average Bonchev–Trinajstić information content (AvgIpc) is 2.35. The van der Waals surface area contributed by atoms with Gasteiger partial charge >= 0.3 is 0 Å². The van der Waals surface area contributed by atoms with Gasteiger partial charge in [0.2, 0.25) is 0 Å². The van der Waals surface area contributed by atoms with Crippen LogP contribution in [0.2, 0.25) is 0 Å². The molecule has 0 spiro atoms. The summed E-state index contributed by atoms with van der Waals surface area (Å²) >= 11 is 0. The van der Waals surface area contributed by atoms with Gasteiger partial charge in [-0.25, -0.2) is 0 Å². The minimum Gasteiger partial charge on any atom is -0.504 e. The lowest BCUT2D eigenvalue weighted by molar-refractivity contribution is 0.0707. The van der Waals surface area contributed by atoms with Crippen LogP contribution >= 0.6 is 0 Å². The summed E-state index contributed by atoms with van der Waals surface area (Å²) in [6.07, 6.45) is 0.000806. The van der Waals surface area contributed by atoms with E-state index in [0.29, 0.717) is 12.4 Å². The zero-order valence-corrected chi connectivity index (χ0v) is 10.0. The van der Waals surface area contributed by atoms with Crippen LogP contribution in [-0.2, 0) is 4.74 Å². The molecule has 0 heterocycles. The molecular weight excluding hydrogens is 216 g/mol. The van der Waals surface area contributed by atoms with Crippen molar-refractivity contribution in [3.63, 3.8) is 0 Å². The Kier molecular flexibility index (Phi) is 3.49. The Balaban J connectivity index is 2.25. The first kappa shape index (κ1) is 11.7. The Bertz CT molecular complexity index is 508. The van der Waals surface area contributed by atoms with Gasteiger partial charge < -0.3 is 14.6 Å². The zero-order valence-electron chi connectivity index (χ0n) is 10.0. The van der Waals surface area contributed by atoms with Crippen molar-refractivity contribution in [2.45, 2.75) is 13.0 Å². The van der Waals surface area contributed by atoms with E-state index in [9.17, 15) is 5.11 Å². The van der Waals surface area contributed by atoms with Gasteiger partial charge in [-0.15, -0.1) is 0 Å². The number of ether oxygens (including phenoxy) is 2. The summed E-state index contributed by atoms with van der Waals surface area (Å²) in [6.45, 7) is 2.33. The van der Waals surface area contributed by atoms with Crippen LogP contribution in [0, 0.1) is 0 Å². The average molecular weight is 232 g/mol. The normalized spacial score (nSPS) is 12.6. The van der Waals surface area contributed by atoms with Gasteiger partial charge in [-0.2, -0.15) is 0 Å². The van der Waals surface area contributed by atoms with Gasteiger partial charge in [-0.05, 0) is 29.8 Å². The molecule has 0 aliphatic rings. The Morgan fingerprint density at radius 3 is 2.47 bits per heavy atom. The van der Waals surface area contributed by atoms with E-state index in [1.54, 1.807) is 13.2 Å². The second-order valence-electron chi connectivity index (χ2n) is 4.02. The number of rotatable bonds is 4. The van der Waals surface area contributed by atoms with Crippen molar-refractivity contribution in [1.29, 1.82) is 0 Å². The molecule has 3 heteroatoms. The third-order valence-corrected chi connectivity index (χ3v) is 2.70. The number of benzene rings is 2. The van der Waals surface area contributed by atoms with Gasteiger partial charge in [-0.3, -0.25) is 0 Å². The number of phenols is 1. The molecule has 0 bridgehead atoms. The number of hydrogen-bond acceptors (Lipinski definition) is 3. The minimum atomic E-state index is 0.000806. The highest BCUT2D eigenvalue weighted by atomic mass is 16.5. The fraction of sp³-hybridized carbons (Fsp3) is 0.286. The summed E-state index contributed by atoms with van der Waals surface area (Å²) in [6, 6.07) is 11.4. The van der Waals surface area contributed by atoms with Crippen LogP contribution in [0.4, 0.5) is 0 Å². The third kappa shape index (κ3) is 2.68. The van der Waals surface area contributed by atoms with Crippen LogP contribution in [0.5, 0.6) is 11.5 Å². The SMILES string of the molecule is COC(C)COc1cc2ccccc2cc1O. The first-order chi connectivity index (χ1) is 8.20. The number of phenolic OH excluding ortho intramolecular Hbond substituents is 1.